The van der Waals surface area contributed by atoms with Crippen LogP contribution in [0.5, 0.6) is 0 Å². The first kappa shape index (κ1) is 94.3. The smallest absolute Gasteiger partial charge is 0.311 e. The summed E-state index contributed by atoms with van der Waals surface area (Å²) >= 11 is 0. The van der Waals surface area contributed by atoms with Gasteiger partial charge in [0.25, 0.3) is 0 Å². The number of hydrogen-bond acceptors (Lipinski definition) is 8. The van der Waals surface area contributed by atoms with Gasteiger partial charge < -0.3 is 34.3 Å². The molecule has 0 spiro atoms. The predicted molar refractivity (Wildman–Crippen MR) is 428 cm³/mol. The summed E-state index contributed by atoms with van der Waals surface area (Å²) in [6.07, 6.45) is 96.6. The minimum Gasteiger partial charge on any atom is -0.463 e. The molecule has 2 aliphatic rings. The lowest BCUT2D eigenvalue weighted by Gasteiger charge is -2.23. The van der Waals surface area contributed by atoms with Crippen LogP contribution in [0.3, 0.4) is 0 Å². The van der Waals surface area contributed by atoms with E-state index in [1.807, 2.05) is 7.11 Å². The first-order valence-electron chi connectivity index (χ1n) is 45.7. The van der Waals surface area contributed by atoms with Crippen molar-refractivity contribution in [2.45, 2.75) is 533 Å². The number of ether oxygens (including phenoxy) is 4. The molecule has 1 saturated carbocycles. The van der Waals surface area contributed by atoms with E-state index in [1.54, 1.807) is 0 Å². The van der Waals surface area contributed by atoms with Crippen LogP contribution in [0, 0.1) is 23.7 Å². The van der Waals surface area contributed by atoms with E-state index in [0.717, 1.165) is 43.9 Å². The zero-order valence-electron chi connectivity index (χ0n) is 67.7. The second-order valence-electron chi connectivity index (χ2n) is 33.3. The highest BCUT2D eigenvalue weighted by molar-refractivity contribution is 5.73. The summed E-state index contributed by atoms with van der Waals surface area (Å²) < 4.78 is 22.4. The van der Waals surface area contributed by atoms with E-state index in [9.17, 15) is 20.1 Å². The van der Waals surface area contributed by atoms with Gasteiger partial charge in [-0.2, -0.15) is 0 Å². The van der Waals surface area contributed by atoms with Gasteiger partial charge in [0.15, 0.2) is 6.29 Å². The van der Waals surface area contributed by atoms with Crippen LogP contribution in [0.4, 0.5) is 0 Å². The van der Waals surface area contributed by atoms with Crippen molar-refractivity contribution in [2.75, 3.05) is 20.8 Å². The van der Waals surface area contributed by atoms with Gasteiger partial charge in [-0.1, -0.05) is 464 Å². The monoisotopic (exact) mass is 1400 g/mol. The molecule has 0 unspecified atom stereocenters. The third-order valence-electron chi connectivity index (χ3n) is 24.0. The molecule has 10 atom stereocenters. The van der Waals surface area contributed by atoms with Crippen LogP contribution in [0.1, 0.15) is 496 Å². The first-order valence-corrected chi connectivity index (χ1v) is 45.7. The maximum atomic E-state index is 13.5. The van der Waals surface area contributed by atoms with Crippen molar-refractivity contribution in [3.63, 3.8) is 0 Å². The van der Waals surface area contributed by atoms with Crippen LogP contribution in [0.2, 0.25) is 0 Å². The van der Waals surface area contributed by atoms with Gasteiger partial charge in [-0.15, -0.1) is 0 Å². The lowest BCUT2D eigenvalue weighted by Crippen LogP contribution is -2.37. The van der Waals surface area contributed by atoms with Crippen molar-refractivity contribution < 1.29 is 39.1 Å². The molecule has 3 N–H and O–H groups in total. The molecule has 0 radical (unpaired) electrons. The number of aliphatic hydroxyl groups is 3. The van der Waals surface area contributed by atoms with E-state index in [0.29, 0.717) is 24.9 Å². The number of hydrogen-bond donors (Lipinski definition) is 3. The van der Waals surface area contributed by atoms with Gasteiger partial charge in [0.2, 0.25) is 0 Å². The van der Waals surface area contributed by atoms with Gasteiger partial charge in [0.05, 0.1) is 18.1 Å². The molecule has 0 amide bonds. The molecule has 8 nitrogen and oxygen atoms in total. The second kappa shape index (κ2) is 72.8. The Morgan fingerprint density at radius 2 is 0.616 bits per heavy atom. The molecule has 1 heterocycles. The fourth-order valence-corrected chi connectivity index (χ4v) is 16.7. The zero-order chi connectivity index (χ0) is 71.2. The molecule has 2 fully saturated rings. The number of carbonyl (C=O) groups is 1. The van der Waals surface area contributed by atoms with E-state index in [-0.39, 0.29) is 6.61 Å². The van der Waals surface area contributed by atoms with Crippen molar-refractivity contribution in [2.24, 2.45) is 23.7 Å². The maximum Gasteiger partial charge on any atom is 0.311 e. The summed E-state index contributed by atoms with van der Waals surface area (Å²) in [6, 6.07) is 0. The summed E-state index contributed by atoms with van der Waals surface area (Å²) in [4.78, 5) is 13.5. The number of carbonyl (C=O) groups excluding carboxylic acids is 1. The normalized spacial score (nSPS) is 18.9. The van der Waals surface area contributed by atoms with E-state index in [4.69, 9.17) is 18.9 Å². The Balaban J connectivity index is 1.33. The zero-order valence-corrected chi connectivity index (χ0v) is 67.7. The van der Waals surface area contributed by atoms with Crippen molar-refractivity contribution >= 4 is 5.97 Å². The Bertz CT molecular complexity index is 1610. The van der Waals surface area contributed by atoms with Gasteiger partial charge in [-0.05, 0) is 49.9 Å². The fourth-order valence-electron chi connectivity index (χ4n) is 16.7. The highest BCUT2D eigenvalue weighted by atomic mass is 16.7. The van der Waals surface area contributed by atoms with Crippen molar-refractivity contribution in [1.29, 1.82) is 0 Å². The number of aliphatic hydroxyl groups excluding tert-OH is 3. The largest absolute Gasteiger partial charge is 0.463 e. The molecule has 1 aliphatic heterocycles. The van der Waals surface area contributed by atoms with Gasteiger partial charge in [-0.25, -0.2) is 0 Å². The third kappa shape index (κ3) is 58.1. The molecule has 1 aliphatic carbocycles. The Hall–Kier alpha value is -0.770. The van der Waals surface area contributed by atoms with Crippen LogP contribution < -0.4 is 0 Å². The van der Waals surface area contributed by atoms with E-state index < -0.39 is 42.6 Å². The number of methoxy groups -OCH3 is 2. The molecule has 99 heavy (non-hydrogen) atoms. The number of unbranched alkanes of at least 4 members (excludes halogenated alkanes) is 63. The molecule has 2 rings (SSSR count). The van der Waals surface area contributed by atoms with Gasteiger partial charge in [0.1, 0.15) is 24.9 Å². The molecule has 0 aromatic rings. The summed E-state index contributed by atoms with van der Waals surface area (Å²) in [5, 5.41) is 32.0. The van der Waals surface area contributed by atoms with E-state index in [1.165, 1.54) is 437 Å². The molecule has 0 aromatic heterocycles. The van der Waals surface area contributed by atoms with Crippen molar-refractivity contribution in [1.82, 2.24) is 0 Å². The molecule has 0 aromatic carbocycles. The predicted octanol–water partition coefficient (Wildman–Crippen LogP) is 28.4. The quantitative estimate of drug-likeness (QED) is 0.0408. The lowest BCUT2D eigenvalue weighted by molar-refractivity contribution is -0.170. The van der Waals surface area contributed by atoms with Crippen LogP contribution in [-0.2, 0) is 23.7 Å². The Morgan fingerprint density at radius 1 is 0.354 bits per heavy atom. The van der Waals surface area contributed by atoms with E-state index >= 15 is 0 Å². The SMILES string of the molecule is CCCCCCCCCCCCCCCCCCCCCCCC[C@@H](C(=O)OC[C@H]1O[C@H](OC)[C@@H](O)[C@@H]1O)[C@H](O)CCCCCCCCCCCCCCCCC[C@@H]1C[C@@H]1CCCCCCCCCCCCCCCC[C@H](OC)[C@@H](C)CCCCCCCCCCCCCCCCCC. The van der Waals surface area contributed by atoms with Gasteiger partial charge in [-0.3, -0.25) is 4.79 Å². The Labute approximate surface area is 619 Å². The highest BCUT2D eigenvalue weighted by Crippen LogP contribution is 2.46. The van der Waals surface area contributed by atoms with E-state index in [2.05, 4.69) is 20.8 Å². The van der Waals surface area contributed by atoms with Crippen LogP contribution in [0.25, 0.3) is 0 Å². The Morgan fingerprint density at radius 3 is 0.899 bits per heavy atom. The standard InChI is InChI=1S/C91H178O8/c1-6-8-10-12-14-16-18-20-22-24-25-26-27-28-29-33-40-46-52-58-64-70-76-84(90(95)98-80-87-88(93)89(94)91(97-5)99-87)85(92)77-71-65-59-53-47-41-34-30-32-38-44-50-56-62-68-74-82-79-83(82)75-69-63-57-51-45-39-35-36-42-48-54-60-66-72-78-86(96-4)81(3)73-67-61-55-49-43-37-31-23-21-19-17-15-13-11-9-7-2/h81-89,91-94H,6-80H2,1-5H3/t81-,82+,83-,84+,85+,86-,87+,88+,89-,91-/m0/s1. The topological polar surface area (TPSA) is 115 Å². The summed E-state index contributed by atoms with van der Waals surface area (Å²) in [5.41, 5.74) is 0. The summed E-state index contributed by atoms with van der Waals surface area (Å²) in [7, 11) is 3.37. The molecular formula is C91H178O8. The minimum absolute atomic E-state index is 0.168. The Kier molecular flexibility index (Phi) is 69.3. The van der Waals surface area contributed by atoms with Gasteiger partial charge in [0, 0.05) is 14.2 Å². The number of esters is 1. The van der Waals surface area contributed by atoms with Crippen LogP contribution in [-0.4, -0.2) is 78.9 Å². The minimum atomic E-state index is -1.19. The first-order chi connectivity index (χ1) is 48.8. The molecular weight excluding hydrogens is 1220 g/mol. The van der Waals surface area contributed by atoms with Gasteiger partial charge >= 0.3 is 5.97 Å². The van der Waals surface area contributed by atoms with Crippen molar-refractivity contribution in [3.05, 3.63) is 0 Å². The second-order valence-corrected chi connectivity index (χ2v) is 33.3. The summed E-state index contributed by atoms with van der Waals surface area (Å²) in [6.45, 7) is 6.88. The highest BCUT2D eigenvalue weighted by Gasteiger charge is 2.44. The number of rotatable bonds is 82. The van der Waals surface area contributed by atoms with Crippen LogP contribution in [0.15, 0.2) is 0 Å². The lowest BCUT2D eigenvalue weighted by atomic mass is 9.91. The molecule has 0 bridgehead atoms. The molecule has 8 heteroatoms. The fraction of sp³-hybridized carbons (Fsp3) is 0.989. The average molecular weight is 1400 g/mol. The third-order valence-corrected chi connectivity index (χ3v) is 24.0. The average Bonchev–Trinajstić information content (AvgIpc) is 1.72. The maximum absolute atomic E-state index is 13.5. The molecule has 590 valence electrons. The van der Waals surface area contributed by atoms with Crippen LogP contribution >= 0.6 is 0 Å². The summed E-state index contributed by atoms with van der Waals surface area (Å²) in [5.74, 6) is 1.84. The molecule has 1 saturated heterocycles. The van der Waals surface area contributed by atoms with Crippen molar-refractivity contribution in [3.8, 4) is 0 Å².